The molecule has 2 fully saturated rings. The molecule has 0 amide bonds. The second-order valence-electron chi connectivity index (χ2n) is 5.45. The molecule has 0 aliphatic carbocycles. The van der Waals surface area contributed by atoms with Crippen molar-refractivity contribution in [3.63, 3.8) is 0 Å². The molecular weight excluding hydrogens is 275 g/mol. The van der Waals surface area contributed by atoms with Crippen LogP contribution in [0.3, 0.4) is 0 Å². The molecule has 21 heavy (non-hydrogen) atoms. The molecule has 1 N–H and O–H groups in total. The van der Waals surface area contributed by atoms with Crippen LogP contribution in [0.2, 0.25) is 0 Å². The summed E-state index contributed by atoms with van der Waals surface area (Å²) in [4.78, 5) is 10.4. The number of hydrogen-bond donors (Lipinski definition) is 1. The van der Waals surface area contributed by atoms with Gasteiger partial charge in [0.15, 0.2) is 11.6 Å². The average molecular weight is 296 g/mol. The Morgan fingerprint density at radius 3 is 3.00 bits per heavy atom. The van der Waals surface area contributed by atoms with Crippen molar-refractivity contribution in [1.82, 2.24) is 9.97 Å². The minimum atomic E-state index is -0.363. The zero-order valence-electron chi connectivity index (χ0n) is 12.2. The smallest absolute Gasteiger partial charge is 0.225 e. The maximum Gasteiger partial charge on any atom is 0.225 e. The van der Waals surface area contributed by atoms with Gasteiger partial charge in [-0.2, -0.15) is 4.98 Å². The second-order valence-corrected chi connectivity index (χ2v) is 5.45. The Morgan fingerprint density at radius 2 is 2.24 bits per heavy atom. The Balaban J connectivity index is 1.74. The number of hydrogen-bond acceptors (Lipinski definition) is 6. The maximum atomic E-state index is 13.9. The maximum absolute atomic E-state index is 13.9. The van der Waals surface area contributed by atoms with Crippen LogP contribution in [-0.4, -0.2) is 55.5 Å². The molecule has 2 aliphatic rings. The van der Waals surface area contributed by atoms with Crippen molar-refractivity contribution in [3.05, 3.63) is 12.0 Å². The van der Waals surface area contributed by atoms with Gasteiger partial charge < -0.3 is 19.7 Å². The fourth-order valence-electron chi connectivity index (χ4n) is 2.85. The number of ether oxygens (including phenoxy) is 2. The fraction of sp³-hybridized carbons (Fsp3) is 0.714. The zero-order chi connectivity index (χ0) is 14.7. The van der Waals surface area contributed by atoms with Gasteiger partial charge in [0.05, 0.1) is 18.8 Å². The topological polar surface area (TPSA) is 59.5 Å². The summed E-state index contributed by atoms with van der Waals surface area (Å²) < 4.78 is 24.7. The highest BCUT2D eigenvalue weighted by atomic mass is 19.1. The first-order chi connectivity index (χ1) is 10.3. The molecule has 0 saturated carbocycles. The third kappa shape index (κ3) is 3.24. The van der Waals surface area contributed by atoms with E-state index in [0.717, 1.165) is 32.4 Å². The normalized spacial score (nSPS) is 26.1. The van der Waals surface area contributed by atoms with E-state index in [4.69, 9.17) is 9.47 Å². The summed E-state index contributed by atoms with van der Waals surface area (Å²) >= 11 is 0. The van der Waals surface area contributed by atoms with E-state index >= 15 is 0 Å². The summed E-state index contributed by atoms with van der Waals surface area (Å²) in [6.07, 6.45) is 4.18. The largest absolute Gasteiger partial charge is 0.379 e. The van der Waals surface area contributed by atoms with E-state index in [9.17, 15) is 4.39 Å². The van der Waals surface area contributed by atoms with Crippen LogP contribution in [0.15, 0.2) is 6.20 Å². The first kappa shape index (κ1) is 14.5. The predicted molar refractivity (Wildman–Crippen MR) is 77.1 cm³/mol. The molecule has 0 unspecified atom stereocenters. The summed E-state index contributed by atoms with van der Waals surface area (Å²) in [6, 6.07) is 0.0839. The van der Waals surface area contributed by atoms with Gasteiger partial charge in [-0.25, -0.2) is 9.37 Å². The van der Waals surface area contributed by atoms with Crippen LogP contribution in [0.25, 0.3) is 0 Å². The standard InChI is InChI=1S/C14H21FN4O2/c1-20-12-9-21-7-4-11(12)17-14-16-8-10(15)13(18-14)19-5-2-3-6-19/h8,11-12H,2-7,9H2,1H3,(H,16,17,18)/t11-,12-/m0/s1. The van der Waals surface area contributed by atoms with Gasteiger partial charge in [-0.05, 0) is 19.3 Å². The van der Waals surface area contributed by atoms with Crippen LogP contribution in [-0.2, 0) is 9.47 Å². The molecule has 0 spiro atoms. The van der Waals surface area contributed by atoms with Crippen molar-refractivity contribution < 1.29 is 13.9 Å². The first-order valence-electron chi connectivity index (χ1n) is 7.42. The molecule has 116 valence electrons. The molecule has 0 radical (unpaired) electrons. The fourth-order valence-corrected chi connectivity index (χ4v) is 2.85. The summed E-state index contributed by atoms with van der Waals surface area (Å²) in [5, 5.41) is 3.25. The highest BCUT2D eigenvalue weighted by Crippen LogP contribution is 2.23. The third-order valence-electron chi connectivity index (χ3n) is 4.05. The average Bonchev–Trinajstić information content (AvgIpc) is 3.04. The van der Waals surface area contributed by atoms with E-state index in [2.05, 4.69) is 15.3 Å². The summed E-state index contributed by atoms with van der Waals surface area (Å²) in [5.74, 6) is 0.482. The highest BCUT2D eigenvalue weighted by Gasteiger charge is 2.27. The van der Waals surface area contributed by atoms with Gasteiger partial charge in [0, 0.05) is 26.8 Å². The van der Waals surface area contributed by atoms with Crippen molar-refractivity contribution in [2.45, 2.75) is 31.4 Å². The second kappa shape index (κ2) is 6.53. The number of nitrogens with zero attached hydrogens (tertiary/aromatic N) is 3. The Morgan fingerprint density at radius 1 is 1.43 bits per heavy atom. The molecular formula is C14H21FN4O2. The predicted octanol–water partition coefficient (Wildman–Crippen LogP) is 1.43. The summed E-state index contributed by atoms with van der Waals surface area (Å²) in [5.41, 5.74) is 0. The Bertz CT molecular complexity index is 482. The molecule has 6 nitrogen and oxygen atoms in total. The van der Waals surface area contributed by atoms with Gasteiger partial charge in [-0.15, -0.1) is 0 Å². The van der Waals surface area contributed by atoms with Crippen LogP contribution in [0, 0.1) is 5.82 Å². The van der Waals surface area contributed by atoms with Crippen LogP contribution >= 0.6 is 0 Å². The quantitative estimate of drug-likeness (QED) is 0.907. The van der Waals surface area contributed by atoms with Crippen LogP contribution < -0.4 is 10.2 Å². The molecule has 2 atom stereocenters. The minimum Gasteiger partial charge on any atom is -0.379 e. The van der Waals surface area contributed by atoms with Gasteiger partial charge >= 0.3 is 0 Å². The third-order valence-corrected chi connectivity index (χ3v) is 4.05. The van der Waals surface area contributed by atoms with Crippen molar-refractivity contribution in [2.75, 3.05) is 43.6 Å². The monoisotopic (exact) mass is 296 g/mol. The number of aromatic nitrogens is 2. The van der Waals surface area contributed by atoms with Crippen molar-refractivity contribution in [3.8, 4) is 0 Å². The number of anilines is 2. The van der Waals surface area contributed by atoms with E-state index in [1.54, 1.807) is 7.11 Å². The van der Waals surface area contributed by atoms with Crippen LogP contribution in [0.5, 0.6) is 0 Å². The lowest BCUT2D eigenvalue weighted by molar-refractivity contribution is -0.0367. The van der Waals surface area contributed by atoms with Crippen LogP contribution in [0.4, 0.5) is 16.2 Å². The molecule has 3 rings (SSSR count). The molecule has 1 aromatic rings. The molecule has 3 heterocycles. The number of nitrogens with one attached hydrogen (secondary N) is 1. The molecule has 0 aromatic carbocycles. The first-order valence-corrected chi connectivity index (χ1v) is 7.42. The highest BCUT2D eigenvalue weighted by molar-refractivity contribution is 5.45. The minimum absolute atomic E-state index is 0.0392. The van der Waals surface area contributed by atoms with E-state index in [-0.39, 0.29) is 18.0 Å². The molecule has 2 saturated heterocycles. The van der Waals surface area contributed by atoms with E-state index < -0.39 is 0 Å². The number of rotatable bonds is 4. The van der Waals surface area contributed by atoms with Crippen molar-refractivity contribution >= 4 is 11.8 Å². The molecule has 0 bridgehead atoms. The van der Waals surface area contributed by atoms with E-state index in [1.807, 2.05) is 4.90 Å². The number of methoxy groups -OCH3 is 1. The number of halogens is 1. The summed E-state index contributed by atoms with van der Waals surface area (Å²) in [7, 11) is 1.66. The lowest BCUT2D eigenvalue weighted by atomic mass is 10.1. The molecule has 7 heteroatoms. The van der Waals surface area contributed by atoms with Gasteiger partial charge in [0.2, 0.25) is 5.95 Å². The Labute approximate surface area is 123 Å². The van der Waals surface area contributed by atoms with Crippen LogP contribution in [0.1, 0.15) is 19.3 Å². The van der Waals surface area contributed by atoms with Gasteiger partial charge in [0.25, 0.3) is 0 Å². The van der Waals surface area contributed by atoms with E-state index in [0.29, 0.717) is 25.0 Å². The SMILES string of the molecule is CO[C@H]1COCC[C@@H]1Nc1ncc(F)c(N2CCCC2)n1. The lowest BCUT2D eigenvalue weighted by Gasteiger charge is -2.31. The van der Waals surface area contributed by atoms with Crippen molar-refractivity contribution in [1.29, 1.82) is 0 Å². The van der Waals surface area contributed by atoms with Gasteiger partial charge in [-0.3, -0.25) is 0 Å². The molecule has 1 aromatic heterocycles. The molecule has 2 aliphatic heterocycles. The van der Waals surface area contributed by atoms with E-state index in [1.165, 1.54) is 6.20 Å². The lowest BCUT2D eigenvalue weighted by Crippen LogP contribution is -2.43. The summed E-state index contributed by atoms with van der Waals surface area (Å²) in [6.45, 7) is 2.93. The van der Waals surface area contributed by atoms with Gasteiger partial charge in [0.1, 0.15) is 6.10 Å². The van der Waals surface area contributed by atoms with Gasteiger partial charge in [-0.1, -0.05) is 0 Å². The zero-order valence-corrected chi connectivity index (χ0v) is 12.2. The Kier molecular flexibility index (Phi) is 4.50. The Hall–Kier alpha value is -1.47. The van der Waals surface area contributed by atoms with Crippen molar-refractivity contribution in [2.24, 2.45) is 0 Å².